The summed E-state index contributed by atoms with van der Waals surface area (Å²) in [6, 6.07) is 7.51. The monoisotopic (exact) mass is 269 g/mol. The maximum absolute atomic E-state index is 5.95. The number of benzene rings is 1. The summed E-state index contributed by atoms with van der Waals surface area (Å²) in [5, 5.41) is 0. The lowest BCUT2D eigenvalue weighted by Crippen LogP contribution is -2.03. The smallest absolute Gasteiger partial charge is 0.127 e. The SMILES string of the molecule is CCC/C1=C/C(Oc2ccc(N)cc2)=C\C=C\CC1C. The second-order valence-corrected chi connectivity index (χ2v) is 5.27. The molecule has 1 unspecified atom stereocenters. The fraction of sp³-hybridized carbons (Fsp3) is 0.333. The van der Waals surface area contributed by atoms with Crippen LogP contribution in [0.15, 0.2) is 59.9 Å². The zero-order valence-electron chi connectivity index (χ0n) is 12.3. The Morgan fingerprint density at radius 1 is 1.25 bits per heavy atom. The summed E-state index contributed by atoms with van der Waals surface area (Å²) in [4.78, 5) is 0. The van der Waals surface area contributed by atoms with Crippen molar-refractivity contribution in [1.82, 2.24) is 0 Å². The van der Waals surface area contributed by atoms with E-state index in [1.165, 1.54) is 5.57 Å². The topological polar surface area (TPSA) is 35.2 Å². The second-order valence-electron chi connectivity index (χ2n) is 5.27. The van der Waals surface area contributed by atoms with Gasteiger partial charge in [0.15, 0.2) is 0 Å². The van der Waals surface area contributed by atoms with Crippen molar-refractivity contribution in [3.05, 3.63) is 59.9 Å². The van der Waals surface area contributed by atoms with Crippen LogP contribution in [0.5, 0.6) is 5.75 Å². The first-order valence-corrected chi connectivity index (χ1v) is 7.29. The molecule has 2 rings (SSSR count). The lowest BCUT2D eigenvalue weighted by molar-refractivity contribution is 0.441. The molecular weight excluding hydrogens is 246 g/mol. The first kappa shape index (κ1) is 14.4. The molecule has 0 saturated heterocycles. The Kier molecular flexibility index (Phi) is 5.05. The minimum absolute atomic E-state index is 0.574. The molecule has 0 fully saturated rings. The molecule has 2 nitrogen and oxygen atoms in total. The first-order chi connectivity index (χ1) is 9.69. The Hall–Kier alpha value is -1.96. The van der Waals surface area contributed by atoms with Crippen molar-refractivity contribution in [3.8, 4) is 5.75 Å². The van der Waals surface area contributed by atoms with Gasteiger partial charge in [-0.1, -0.05) is 38.0 Å². The predicted octanol–water partition coefficient (Wildman–Crippen LogP) is 4.85. The van der Waals surface area contributed by atoms with Crippen LogP contribution >= 0.6 is 0 Å². The van der Waals surface area contributed by atoms with E-state index in [2.05, 4.69) is 32.1 Å². The van der Waals surface area contributed by atoms with E-state index < -0.39 is 0 Å². The van der Waals surface area contributed by atoms with Gasteiger partial charge in [0, 0.05) is 5.69 Å². The van der Waals surface area contributed by atoms with E-state index >= 15 is 0 Å². The zero-order chi connectivity index (χ0) is 14.4. The van der Waals surface area contributed by atoms with Crippen molar-refractivity contribution in [2.45, 2.75) is 33.1 Å². The van der Waals surface area contributed by atoms with Crippen LogP contribution in [0.2, 0.25) is 0 Å². The Labute approximate surface area is 121 Å². The summed E-state index contributed by atoms with van der Waals surface area (Å²) in [6.07, 6.45) is 11.9. The average molecular weight is 269 g/mol. The van der Waals surface area contributed by atoms with Crippen molar-refractivity contribution in [2.24, 2.45) is 5.92 Å². The number of hydrogen-bond acceptors (Lipinski definition) is 2. The molecule has 1 atom stereocenters. The summed E-state index contributed by atoms with van der Waals surface area (Å²) < 4.78 is 5.95. The molecule has 0 heterocycles. The van der Waals surface area contributed by atoms with Gasteiger partial charge in [0.05, 0.1) is 0 Å². The number of rotatable bonds is 4. The van der Waals surface area contributed by atoms with Crippen molar-refractivity contribution >= 4 is 5.69 Å². The Balaban J connectivity index is 2.20. The van der Waals surface area contributed by atoms with Crippen LogP contribution in [0.3, 0.4) is 0 Å². The van der Waals surface area contributed by atoms with E-state index in [0.717, 1.165) is 36.5 Å². The molecule has 0 spiro atoms. The van der Waals surface area contributed by atoms with Crippen LogP contribution < -0.4 is 10.5 Å². The highest BCUT2D eigenvalue weighted by atomic mass is 16.5. The maximum Gasteiger partial charge on any atom is 0.127 e. The van der Waals surface area contributed by atoms with Gasteiger partial charge in [0.1, 0.15) is 11.5 Å². The van der Waals surface area contributed by atoms with E-state index in [9.17, 15) is 0 Å². The molecule has 106 valence electrons. The highest BCUT2D eigenvalue weighted by Crippen LogP contribution is 2.25. The highest BCUT2D eigenvalue weighted by molar-refractivity contribution is 5.42. The standard InChI is InChI=1S/C18H23NO/c1-3-6-15-13-18(8-5-4-7-14(15)2)20-17-11-9-16(19)10-12-17/h4-5,8-14H,3,6-7,19H2,1-2H3/b5-4+,15-13-,18-8+. The van der Waals surface area contributed by atoms with Gasteiger partial charge >= 0.3 is 0 Å². The molecule has 0 amide bonds. The molecule has 2 N–H and O–H groups in total. The van der Waals surface area contributed by atoms with Gasteiger partial charge in [0.25, 0.3) is 0 Å². The molecule has 0 radical (unpaired) electrons. The quantitative estimate of drug-likeness (QED) is 0.793. The predicted molar refractivity (Wildman–Crippen MR) is 85.5 cm³/mol. The summed E-state index contributed by atoms with van der Waals surface area (Å²) in [5.74, 6) is 2.28. The van der Waals surface area contributed by atoms with Crippen LogP contribution in [0, 0.1) is 5.92 Å². The van der Waals surface area contributed by atoms with Crippen LogP contribution in [-0.2, 0) is 0 Å². The maximum atomic E-state index is 5.95. The normalized spacial score (nSPS) is 25.6. The Morgan fingerprint density at radius 3 is 2.70 bits per heavy atom. The highest BCUT2D eigenvalue weighted by Gasteiger charge is 2.10. The van der Waals surface area contributed by atoms with Crippen molar-refractivity contribution in [3.63, 3.8) is 0 Å². The largest absolute Gasteiger partial charge is 0.457 e. The summed E-state index contributed by atoms with van der Waals surface area (Å²) >= 11 is 0. The lowest BCUT2D eigenvalue weighted by Gasteiger charge is -2.17. The minimum atomic E-state index is 0.574. The van der Waals surface area contributed by atoms with Crippen molar-refractivity contribution in [1.29, 1.82) is 0 Å². The number of nitrogen functional groups attached to an aromatic ring is 1. The molecule has 1 aliphatic rings. The number of ether oxygens (including phenoxy) is 1. The molecule has 1 aromatic carbocycles. The van der Waals surface area contributed by atoms with Gasteiger partial charge in [0.2, 0.25) is 0 Å². The lowest BCUT2D eigenvalue weighted by atomic mass is 9.92. The van der Waals surface area contributed by atoms with E-state index in [0.29, 0.717) is 5.92 Å². The number of nitrogens with two attached hydrogens (primary N) is 1. The molecule has 0 aliphatic heterocycles. The van der Waals surface area contributed by atoms with Gasteiger partial charge in [-0.15, -0.1) is 0 Å². The molecular formula is C18H23NO. The van der Waals surface area contributed by atoms with Gasteiger partial charge in [-0.25, -0.2) is 0 Å². The third-order valence-corrected chi connectivity index (χ3v) is 3.50. The Bertz CT molecular complexity index is 523. The van der Waals surface area contributed by atoms with E-state index in [-0.39, 0.29) is 0 Å². The van der Waals surface area contributed by atoms with E-state index in [1.807, 2.05) is 30.3 Å². The molecule has 1 aromatic rings. The minimum Gasteiger partial charge on any atom is -0.457 e. The van der Waals surface area contributed by atoms with E-state index in [1.54, 1.807) is 0 Å². The zero-order valence-corrected chi connectivity index (χ0v) is 12.3. The molecule has 0 aromatic heterocycles. The molecule has 0 bridgehead atoms. The molecule has 2 heteroatoms. The second kappa shape index (κ2) is 6.99. The number of anilines is 1. The van der Waals surface area contributed by atoms with Gasteiger partial charge < -0.3 is 10.5 Å². The molecule has 1 aliphatic carbocycles. The average Bonchev–Trinajstić information content (AvgIpc) is 2.43. The summed E-state index contributed by atoms with van der Waals surface area (Å²) in [5.41, 5.74) is 7.90. The van der Waals surface area contributed by atoms with Crippen molar-refractivity contribution in [2.75, 3.05) is 5.73 Å². The van der Waals surface area contributed by atoms with E-state index in [4.69, 9.17) is 10.5 Å². The number of hydrogen-bond donors (Lipinski definition) is 1. The summed E-state index contributed by atoms with van der Waals surface area (Å²) in [7, 11) is 0. The third kappa shape index (κ3) is 4.02. The van der Waals surface area contributed by atoms with Crippen molar-refractivity contribution < 1.29 is 4.74 Å². The fourth-order valence-electron chi connectivity index (χ4n) is 2.31. The van der Waals surface area contributed by atoms with Gasteiger partial charge in [-0.2, -0.15) is 0 Å². The summed E-state index contributed by atoms with van der Waals surface area (Å²) in [6.45, 7) is 4.49. The fourth-order valence-corrected chi connectivity index (χ4v) is 2.31. The Morgan fingerprint density at radius 2 is 2.00 bits per heavy atom. The third-order valence-electron chi connectivity index (χ3n) is 3.50. The number of allylic oxidation sites excluding steroid dienone is 5. The van der Waals surface area contributed by atoms with Crippen LogP contribution in [0.4, 0.5) is 5.69 Å². The molecule has 20 heavy (non-hydrogen) atoms. The van der Waals surface area contributed by atoms with Gasteiger partial charge in [-0.05, 0) is 55.2 Å². The van der Waals surface area contributed by atoms with Crippen LogP contribution in [0.25, 0.3) is 0 Å². The molecule has 0 saturated carbocycles. The van der Waals surface area contributed by atoms with Crippen LogP contribution in [0.1, 0.15) is 33.1 Å². The van der Waals surface area contributed by atoms with Crippen LogP contribution in [-0.4, -0.2) is 0 Å². The van der Waals surface area contributed by atoms with Gasteiger partial charge in [-0.3, -0.25) is 0 Å². The first-order valence-electron chi connectivity index (χ1n) is 7.29.